The van der Waals surface area contributed by atoms with E-state index in [-0.39, 0.29) is 0 Å². The quantitative estimate of drug-likeness (QED) is 0.0564. The number of nitrogens with one attached hydrogen (secondary N) is 1. The molecule has 0 aliphatic heterocycles. The molecule has 0 spiro atoms. The second-order valence-electron chi connectivity index (χ2n) is 19.1. The number of anilines is 5. The lowest BCUT2D eigenvalue weighted by molar-refractivity contribution is 0.216. The summed E-state index contributed by atoms with van der Waals surface area (Å²) in [7, 11) is -13.2. The molecule has 420 valence electrons. The lowest BCUT2D eigenvalue weighted by Gasteiger charge is -2.27. The lowest BCUT2D eigenvalue weighted by atomic mass is 9.90. The minimum Gasteiger partial charge on any atom is -0.338 e. The third-order valence-corrected chi connectivity index (χ3v) is 15.9. The molecular formula is C53H63N11O10S5. The highest BCUT2D eigenvalue weighted by atomic mass is 32.3. The average molecular weight is 1170 g/mol. The zero-order valence-corrected chi connectivity index (χ0v) is 50.1. The van der Waals surface area contributed by atoms with Gasteiger partial charge in [0.25, 0.3) is 0 Å². The Balaban J connectivity index is 0.000000409. The van der Waals surface area contributed by atoms with Gasteiger partial charge >= 0.3 is 20.8 Å². The molecule has 79 heavy (non-hydrogen) atoms. The van der Waals surface area contributed by atoms with Crippen LogP contribution >= 0.6 is 22.7 Å². The van der Waals surface area contributed by atoms with Gasteiger partial charge in [-0.1, -0.05) is 117 Å². The zero-order chi connectivity index (χ0) is 58.4. The molecule has 26 heteroatoms. The molecule has 0 radical (unpaired) electrons. The number of hydrogen-bond donors (Lipinski definition) is 3. The van der Waals surface area contributed by atoms with Gasteiger partial charge in [0.15, 0.2) is 16.8 Å². The van der Waals surface area contributed by atoms with Gasteiger partial charge in [0.05, 0.1) is 51.3 Å². The molecule has 0 aliphatic carbocycles. The fourth-order valence-corrected chi connectivity index (χ4v) is 11.8. The Morgan fingerprint density at radius 2 is 1.22 bits per heavy atom. The number of aromatic nitrogens is 5. The van der Waals surface area contributed by atoms with Gasteiger partial charge < -0.3 is 5.32 Å². The van der Waals surface area contributed by atoms with E-state index in [9.17, 15) is 30.5 Å². The Bertz CT molecular complexity index is 3810. The van der Waals surface area contributed by atoms with Crippen LogP contribution in [-0.4, -0.2) is 96.0 Å². The van der Waals surface area contributed by atoms with Gasteiger partial charge in [-0.3, -0.25) is 14.0 Å². The summed E-state index contributed by atoms with van der Waals surface area (Å²) < 4.78 is 92.2. The van der Waals surface area contributed by atoms with Crippen LogP contribution in [0.25, 0.3) is 25.6 Å². The molecule has 0 atom stereocenters. The van der Waals surface area contributed by atoms with Crippen LogP contribution in [0.3, 0.4) is 0 Å². The van der Waals surface area contributed by atoms with Crippen LogP contribution in [0.2, 0.25) is 0 Å². The third kappa shape index (κ3) is 15.6. The first-order chi connectivity index (χ1) is 37.0. The van der Waals surface area contributed by atoms with Crippen molar-refractivity contribution in [2.45, 2.75) is 88.5 Å². The predicted octanol–water partition coefficient (Wildman–Crippen LogP) is 12.4. The summed E-state index contributed by atoms with van der Waals surface area (Å²) in [5, 5.41) is 30.5. The highest BCUT2D eigenvalue weighted by Gasteiger charge is 2.30. The molecule has 8 aromatic rings. The molecule has 21 nitrogen and oxygen atoms in total. The lowest BCUT2D eigenvalue weighted by Crippen LogP contribution is -2.36. The molecular weight excluding hydrogens is 1110 g/mol. The smallest absolute Gasteiger partial charge is 0.338 e. The summed E-state index contributed by atoms with van der Waals surface area (Å²) in [6, 6.07) is 29.3. The van der Waals surface area contributed by atoms with E-state index in [4.69, 9.17) is 39.4 Å². The molecule has 8 rings (SSSR count). The number of aryl methyl sites for hydroxylation is 7. The molecule has 0 amide bonds. The molecule has 0 saturated heterocycles. The second kappa shape index (κ2) is 25.2. The molecule has 0 saturated carbocycles. The van der Waals surface area contributed by atoms with Crippen molar-refractivity contribution in [1.29, 1.82) is 5.26 Å². The van der Waals surface area contributed by atoms with Crippen LogP contribution in [0.4, 0.5) is 39.6 Å². The topological polar surface area (TPSA) is 285 Å². The van der Waals surface area contributed by atoms with E-state index in [0.29, 0.717) is 43.8 Å². The number of thiazole rings is 2. The van der Waals surface area contributed by atoms with Gasteiger partial charge in [0.1, 0.15) is 23.1 Å². The number of rotatable bonds is 17. The van der Waals surface area contributed by atoms with Crippen molar-refractivity contribution >= 4 is 114 Å². The van der Waals surface area contributed by atoms with E-state index in [1.54, 1.807) is 16.0 Å². The Kier molecular flexibility index (Phi) is 19.7. The summed E-state index contributed by atoms with van der Waals surface area (Å²) in [5.74, 6) is 1.51. The summed E-state index contributed by atoms with van der Waals surface area (Å²) in [6.07, 6.45) is 0.786. The molecule has 0 bridgehead atoms. The Hall–Kier alpha value is -6.64. The number of benzene rings is 4. The van der Waals surface area contributed by atoms with E-state index < -0.39 is 62.5 Å². The zero-order valence-electron chi connectivity index (χ0n) is 46.0. The number of nitrogens with zero attached hydrogens (tertiary/aromatic N) is 10. The second-order valence-corrected chi connectivity index (χ2v) is 25.3. The maximum Gasteiger partial charge on any atom is 0.397 e. The van der Waals surface area contributed by atoms with Gasteiger partial charge in [-0.15, -0.1) is 10.2 Å². The third-order valence-electron chi connectivity index (χ3n) is 11.7. The van der Waals surface area contributed by atoms with Crippen molar-refractivity contribution in [3.05, 3.63) is 129 Å². The SMILES string of the molecule is CC.CS(=O)(=O)N(CCOS(=O)(=O)O)CCOS(=O)(=O)O.Cc1cc(C)c(Nc2nc(N(c3nc4ccccc4s3)c3c(C)cc(C)cc3C)cc(C)c2N=Nc2c(C#N)c(C(C)(C)C)nn2-c2nc3ccccc3s2)c(C)c1. The standard InChI is InChI=1S/C46H44N10S2.C5H13NO10S3.C2H6/c1-25-19-27(3)38(28(4)20-25)51-42-39(52-53-43-32(24-47)41(46(8,9)10)54-56(43)45-49-34-16-12-14-18-36(34)58-45)29(5)23-37(50-42)55(40-30(6)21-26(2)22-31(40)7)44-48-33-15-11-13-17-35(33)57-44;1-17(7,8)6(2-4-15-18(9,10)11)3-5-16-19(12,13)14;1-2/h11-23H,1-10H3,(H,50,51);2-5H2,1H3,(H,9,10,11)(H,12,13,14);1-2H3. The van der Waals surface area contributed by atoms with Crippen LogP contribution in [0.5, 0.6) is 0 Å². The van der Waals surface area contributed by atoms with Crippen molar-refractivity contribution in [2.75, 3.05) is 42.8 Å². The Labute approximate surface area is 469 Å². The molecule has 4 aromatic heterocycles. The number of nitriles is 1. The minimum absolute atomic E-state index is 0.311. The highest BCUT2D eigenvalue weighted by Crippen LogP contribution is 2.45. The number of sulfonamides is 1. The molecule has 0 fully saturated rings. The average Bonchev–Trinajstić information content (AvgIpc) is 4.32. The van der Waals surface area contributed by atoms with Crippen LogP contribution in [-0.2, 0) is 44.6 Å². The Morgan fingerprint density at radius 1 is 0.709 bits per heavy atom. The van der Waals surface area contributed by atoms with Crippen molar-refractivity contribution in [2.24, 2.45) is 10.2 Å². The van der Waals surface area contributed by atoms with Gasteiger partial charge in [-0.05, 0) is 107 Å². The van der Waals surface area contributed by atoms with Crippen LogP contribution in [0.1, 0.15) is 84.8 Å². The number of azo groups is 1. The number of hydrogen-bond acceptors (Lipinski definition) is 19. The van der Waals surface area contributed by atoms with Gasteiger partial charge in [0, 0.05) is 24.2 Å². The van der Waals surface area contributed by atoms with E-state index >= 15 is 0 Å². The van der Waals surface area contributed by atoms with Crippen molar-refractivity contribution in [1.82, 2.24) is 29.0 Å². The number of para-hydroxylation sites is 2. The van der Waals surface area contributed by atoms with Crippen LogP contribution in [0.15, 0.2) is 89.1 Å². The van der Waals surface area contributed by atoms with Gasteiger partial charge in [0.2, 0.25) is 15.2 Å². The summed E-state index contributed by atoms with van der Waals surface area (Å²) in [6.45, 7) is 22.5. The maximum atomic E-state index is 11.2. The first-order valence-electron chi connectivity index (χ1n) is 24.6. The maximum absolute atomic E-state index is 11.2. The Morgan fingerprint density at radius 3 is 1.70 bits per heavy atom. The van der Waals surface area contributed by atoms with Crippen molar-refractivity contribution in [3.63, 3.8) is 0 Å². The van der Waals surface area contributed by atoms with Crippen LogP contribution < -0.4 is 10.2 Å². The summed E-state index contributed by atoms with van der Waals surface area (Å²) >= 11 is 3.12. The summed E-state index contributed by atoms with van der Waals surface area (Å²) in [5.41, 5.74) is 12.4. The normalized spacial score (nSPS) is 12.1. The fourth-order valence-electron chi connectivity index (χ4n) is 8.50. The molecule has 4 heterocycles. The first kappa shape index (κ1) is 61.6. The molecule has 0 aliphatic rings. The van der Waals surface area contributed by atoms with E-state index in [0.717, 1.165) is 71.0 Å². The number of fused-ring (bicyclic) bond motifs is 2. The van der Waals surface area contributed by atoms with Gasteiger partial charge in [-0.2, -0.15) is 36.2 Å². The van der Waals surface area contributed by atoms with E-state index in [1.165, 1.54) is 22.5 Å². The van der Waals surface area contributed by atoms with E-state index in [1.807, 2.05) is 90.1 Å². The van der Waals surface area contributed by atoms with Crippen LogP contribution in [0, 0.1) is 59.8 Å². The molecule has 3 N–H and O–H groups in total. The number of pyridine rings is 1. The fraction of sp³-hybridized carbons (Fsp3) is 0.340. The molecule has 0 unspecified atom stereocenters. The van der Waals surface area contributed by atoms with Gasteiger partial charge in [-0.25, -0.2) is 31.7 Å². The van der Waals surface area contributed by atoms with Crippen molar-refractivity contribution < 1.29 is 42.7 Å². The summed E-state index contributed by atoms with van der Waals surface area (Å²) in [4.78, 5) is 17.6. The van der Waals surface area contributed by atoms with E-state index in [2.05, 4.69) is 96.5 Å². The minimum atomic E-state index is -4.70. The largest absolute Gasteiger partial charge is 0.397 e. The first-order valence-corrected chi connectivity index (χ1v) is 30.8. The molecule has 4 aromatic carbocycles. The van der Waals surface area contributed by atoms with Crippen molar-refractivity contribution in [3.8, 4) is 11.2 Å². The highest BCUT2D eigenvalue weighted by molar-refractivity contribution is 7.88. The monoisotopic (exact) mass is 1170 g/mol. The predicted molar refractivity (Wildman–Crippen MR) is 312 cm³/mol.